The van der Waals surface area contributed by atoms with Gasteiger partial charge in [-0.1, -0.05) is 19.1 Å². The van der Waals surface area contributed by atoms with Gasteiger partial charge in [-0.05, 0) is 49.4 Å². The highest BCUT2D eigenvalue weighted by atomic mass is 32.2. The second-order valence-corrected chi connectivity index (χ2v) is 7.13. The maximum absolute atomic E-state index is 11.6. The molecule has 1 N–H and O–H groups in total. The molecule has 4 heteroatoms. The van der Waals surface area contributed by atoms with E-state index >= 15 is 0 Å². The Balaban J connectivity index is 2.24. The lowest BCUT2D eigenvalue weighted by Crippen LogP contribution is -2.24. The lowest BCUT2D eigenvalue weighted by atomic mass is 10.0. The molecule has 3 nitrogen and oxygen atoms in total. The van der Waals surface area contributed by atoms with Crippen LogP contribution >= 0.6 is 0 Å². The summed E-state index contributed by atoms with van der Waals surface area (Å²) in [4.78, 5) is 0.420. The molecule has 1 aromatic carbocycles. The van der Waals surface area contributed by atoms with Crippen LogP contribution in [0.15, 0.2) is 29.2 Å². The molecule has 100 valence electrons. The third-order valence-electron chi connectivity index (χ3n) is 3.35. The Bertz CT molecular complexity index is 506. The van der Waals surface area contributed by atoms with Crippen LogP contribution in [-0.4, -0.2) is 21.2 Å². The molecule has 0 radical (unpaired) electrons. The highest BCUT2D eigenvalue weighted by Gasteiger charge is 2.32. The van der Waals surface area contributed by atoms with Crippen LogP contribution < -0.4 is 5.32 Å². The molecule has 2 rings (SSSR count). The predicted octanol–water partition coefficient (Wildman–Crippen LogP) is 2.54. The largest absolute Gasteiger partial charge is 0.310 e. The van der Waals surface area contributed by atoms with Crippen molar-refractivity contribution in [3.05, 3.63) is 29.8 Å². The fraction of sp³-hybridized carbons (Fsp3) is 0.571. The molecular formula is C14H21NO2S. The molecule has 0 heterocycles. The van der Waals surface area contributed by atoms with Gasteiger partial charge in [-0.25, -0.2) is 8.42 Å². The second kappa shape index (κ2) is 5.41. The van der Waals surface area contributed by atoms with E-state index in [2.05, 4.69) is 12.2 Å². The van der Waals surface area contributed by atoms with Gasteiger partial charge in [0.15, 0.2) is 9.84 Å². The van der Waals surface area contributed by atoms with Crippen molar-refractivity contribution < 1.29 is 8.42 Å². The highest BCUT2D eigenvalue weighted by molar-refractivity contribution is 7.90. The quantitative estimate of drug-likeness (QED) is 0.861. The molecule has 0 bridgehead atoms. The van der Waals surface area contributed by atoms with Crippen molar-refractivity contribution in [2.45, 2.75) is 37.1 Å². The van der Waals surface area contributed by atoms with Crippen LogP contribution in [0.3, 0.4) is 0 Å². The topological polar surface area (TPSA) is 46.2 Å². The highest BCUT2D eigenvalue weighted by Crippen LogP contribution is 2.41. The van der Waals surface area contributed by atoms with Crippen molar-refractivity contribution in [2.75, 3.05) is 12.8 Å². The number of nitrogens with one attached hydrogen (secondary N) is 1. The first-order valence-corrected chi connectivity index (χ1v) is 8.45. The first-order valence-electron chi connectivity index (χ1n) is 6.55. The van der Waals surface area contributed by atoms with E-state index < -0.39 is 9.84 Å². The summed E-state index contributed by atoms with van der Waals surface area (Å²) in [7, 11) is -3.11. The summed E-state index contributed by atoms with van der Waals surface area (Å²) >= 11 is 0. The third kappa shape index (κ3) is 3.33. The normalized spacial score (nSPS) is 17.7. The molecule has 0 aromatic heterocycles. The number of rotatable bonds is 6. The number of hydrogen-bond acceptors (Lipinski definition) is 3. The average molecular weight is 267 g/mol. The van der Waals surface area contributed by atoms with Gasteiger partial charge in [0.2, 0.25) is 0 Å². The van der Waals surface area contributed by atoms with Gasteiger partial charge < -0.3 is 5.32 Å². The van der Waals surface area contributed by atoms with Crippen molar-refractivity contribution in [3.63, 3.8) is 0 Å². The van der Waals surface area contributed by atoms with Crippen molar-refractivity contribution in [2.24, 2.45) is 5.92 Å². The Hall–Kier alpha value is -0.870. The summed E-state index contributed by atoms with van der Waals surface area (Å²) < 4.78 is 23.2. The van der Waals surface area contributed by atoms with Gasteiger partial charge in [0, 0.05) is 12.3 Å². The zero-order valence-electron chi connectivity index (χ0n) is 11.0. The predicted molar refractivity (Wildman–Crippen MR) is 73.3 cm³/mol. The van der Waals surface area contributed by atoms with Crippen molar-refractivity contribution >= 4 is 9.84 Å². The number of hydrogen-bond donors (Lipinski definition) is 1. The molecule has 1 aromatic rings. The molecule has 0 aliphatic heterocycles. The van der Waals surface area contributed by atoms with Gasteiger partial charge in [-0.15, -0.1) is 0 Å². The summed E-state index contributed by atoms with van der Waals surface area (Å²) in [5.41, 5.74) is 1.11. The minimum absolute atomic E-state index is 0.312. The molecule has 1 aliphatic carbocycles. The summed E-state index contributed by atoms with van der Waals surface area (Å²) in [6, 6.07) is 7.67. The molecule has 1 saturated carbocycles. The Morgan fingerprint density at radius 1 is 1.39 bits per heavy atom. The Labute approximate surface area is 110 Å². The summed E-state index contributed by atoms with van der Waals surface area (Å²) in [6.07, 6.45) is 4.83. The van der Waals surface area contributed by atoms with E-state index in [9.17, 15) is 8.42 Å². The lowest BCUT2D eigenvalue weighted by molar-refractivity contribution is 0.480. The van der Waals surface area contributed by atoms with E-state index in [0.717, 1.165) is 18.5 Å². The zero-order chi connectivity index (χ0) is 13.2. The molecule has 0 saturated heterocycles. The molecule has 1 unspecified atom stereocenters. The van der Waals surface area contributed by atoms with Crippen molar-refractivity contribution in [3.8, 4) is 0 Å². The molecular weight excluding hydrogens is 246 g/mol. The zero-order valence-corrected chi connectivity index (χ0v) is 11.8. The minimum Gasteiger partial charge on any atom is -0.310 e. The van der Waals surface area contributed by atoms with Gasteiger partial charge in [0.1, 0.15) is 0 Å². The average Bonchev–Trinajstić information content (AvgIpc) is 3.13. The number of benzene rings is 1. The fourth-order valence-corrected chi connectivity index (χ4v) is 2.90. The van der Waals surface area contributed by atoms with E-state index in [1.165, 1.54) is 19.1 Å². The van der Waals surface area contributed by atoms with E-state index in [-0.39, 0.29) is 0 Å². The molecule has 1 atom stereocenters. The lowest BCUT2D eigenvalue weighted by Gasteiger charge is -2.19. The molecule has 1 aliphatic rings. The SMILES string of the molecule is CCCNC(c1cccc(S(C)(=O)=O)c1)C1CC1. The molecule has 18 heavy (non-hydrogen) atoms. The van der Waals surface area contributed by atoms with Gasteiger partial charge in [0.05, 0.1) is 4.90 Å². The maximum Gasteiger partial charge on any atom is 0.175 e. The first kappa shape index (κ1) is 13.6. The minimum atomic E-state index is -3.11. The van der Waals surface area contributed by atoms with Crippen LogP contribution in [-0.2, 0) is 9.84 Å². The monoisotopic (exact) mass is 267 g/mol. The standard InChI is InChI=1S/C14H21NO2S/c1-3-9-15-14(11-7-8-11)12-5-4-6-13(10-12)18(2,16)17/h4-6,10-11,14-15H,3,7-9H2,1-2H3. The van der Waals surface area contributed by atoms with E-state index in [0.29, 0.717) is 16.9 Å². The van der Waals surface area contributed by atoms with Gasteiger partial charge in [-0.3, -0.25) is 0 Å². The summed E-state index contributed by atoms with van der Waals surface area (Å²) in [6.45, 7) is 3.12. The smallest absolute Gasteiger partial charge is 0.175 e. The fourth-order valence-electron chi connectivity index (χ4n) is 2.22. The number of sulfone groups is 1. The van der Waals surface area contributed by atoms with Gasteiger partial charge in [0.25, 0.3) is 0 Å². The third-order valence-corrected chi connectivity index (χ3v) is 4.46. The second-order valence-electron chi connectivity index (χ2n) is 5.11. The van der Waals surface area contributed by atoms with E-state index in [4.69, 9.17) is 0 Å². The van der Waals surface area contributed by atoms with Crippen LogP contribution in [0.4, 0.5) is 0 Å². The van der Waals surface area contributed by atoms with E-state index in [1.807, 2.05) is 18.2 Å². The van der Waals surface area contributed by atoms with Gasteiger partial charge in [-0.2, -0.15) is 0 Å². The van der Waals surface area contributed by atoms with Gasteiger partial charge >= 0.3 is 0 Å². The first-order chi connectivity index (χ1) is 8.52. The van der Waals surface area contributed by atoms with E-state index in [1.54, 1.807) is 6.07 Å². The maximum atomic E-state index is 11.6. The summed E-state index contributed by atoms with van der Waals surface area (Å²) in [5, 5.41) is 3.53. The van der Waals surface area contributed by atoms with Crippen LogP contribution in [0.2, 0.25) is 0 Å². The molecule has 0 amide bonds. The molecule has 0 spiro atoms. The Kier molecular flexibility index (Phi) is 4.07. The Morgan fingerprint density at radius 2 is 2.11 bits per heavy atom. The van der Waals surface area contributed by atoms with Crippen LogP contribution in [0.5, 0.6) is 0 Å². The van der Waals surface area contributed by atoms with Crippen molar-refractivity contribution in [1.29, 1.82) is 0 Å². The Morgan fingerprint density at radius 3 is 2.67 bits per heavy atom. The van der Waals surface area contributed by atoms with Crippen LogP contribution in [0.1, 0.15) is 37.8 Å². The van der Waals surface area contributed by atoms with Crippen LogP contribution in [0, 0.1) is 5.92 Å². The molecule has 1 fully saturated rings. The summed E-state index contributed by atoms with van der Waals surface area (Å²) in [5.74, 6) is 0.673. The van der Waals surface area contributed by atoms with Crippen LogP contribution in [0.25, 0.3) is 0 Å². The van der Waals surface area contributed by atoms with Crippen molar-refractivity contribution in [1.82, 2.24) is 5.32 Å².